The molecule has 1 atom stereocenters. The molecule has 0 saturated carbocycles. The zero-order chi connectivity index (χ0) is 17.4. The number of aromatic nitrogens is 1. The van der Waals surface area contributed by atoms with Gasteiger partial charge < -0.3 is 14.6 Å². The van der Waals surface area contributed by atoms with Gasteiger partial charge in [-0.25, -0.2) is 0 Å². The van der Waals surface area contributed by atoms with Crippen molar-refractivity contribution in [1.29, 1.82) is 0 Å². The Bertz CT molecular complexity index is 791. The smallest absolute Gasteiger partial charge is 0.257 e. The molecule has 2 fully saturated rings. The van der Waals surface area contributed by atoms with Crippen molar-refractivity contribution >= 4 is 11.8 Å². The van der Waals surface area contributed by atoms with E-state index < -0.39 is 0 Å². The highest BCUT2D eigenvalue weighted by Crippen LogP contribution is 2.39. The minimum atomic E-state index is -0.209. The van der Waals surface area contributed by atoms with E-state index in [0.717, 1.165) is 24.8 Å². The van der Waals surface area contributed by atoms with Crippen LogP contribution in [0.15, 0.2) is 41.3 Å². The molecule has 6 nitrogen and oxygen atoms in total. The third kappa shape index (κ3) is 2.81. The molecular formula is C19H21N3O3. The van der Waals surface area contributed by atoms with Gasteiger partial charge in [-0.2, -0.15) is 0 Å². The molecule has 6 heteroatoms. The van der Waals surface area contributed by atoms with Crippen molar-refractivity contribution in [2.75, 3.05) is 13.1 Å². The molecule has 4 heterocycles. The number of pyridine rings is 1. The number of rotatable bonds is 2. The van der Waals surface area contributed by atoms with Crippen molar-refractivity contribution in [2.45, 2.75) is 37.6 Å². The Morgan fingerprint density at radius 2 is 2.16 bits per heavy atom. The Morgan fingerprint density at radius 1 is 1.36 bits per heavy atom. The molecule has 2 aliphatic rings. The van der Waals surface area contributed by atoms with E-state index in [4.69, 9.17) is 4.42 Å². The summed E-state index contributed by atoms with van der Waals surface area (Å²) in [4.78, 5) is 31.0. The molecule has 2 saturated heterocycles. The van der Waals surface area contributed by atoms with Crippen LogP contribution in [0, 0.1) is 6.92 Å². The number of piperidine rings is 1. The van der Waals surface area contributed by atoms with E-state index in [1.165, 1.54) is 0 Å². The van der Waals surface area contributed by atoms with E-state index in [0.29, 0.717) is 24.4 Å². The van der Waals surface area contributed by atoms with E-state index in [9.17, 15) is 9.59 Å². The number of nitrogens with zero attached hydrogens (tertiary/aromatic N) is 2. The first kappa shape index (κ1) is 15.9. The number of amides is 2. The first-order valence-electron chi connectivity index (χ1n) is 8.63. The normalized spacial score (nSPS) is 22.2. The van der Waals surface area contributed by atoms with Gasteiger partial charge in [-0.05, 0) is 43.9 Å². The van der Waals surface area contributed by atoms with Crippen molar-refractivity contribution in [3.05, 3.63) is 53.7 Å². The fourth-order valence-corrected chi connectivity index (χ4v) is 3.98. The van der Waals surface area contributed by atoms with Crippen LogP contribution in [0.1, 0.15) is 46.9 Å². The Kier molecular flexibility index (Phi) is 3.82. The summed E-state index contributed by atoms with van der Waals surface area (Å²) in [5.74, 6) is 0.579. The van der Waals surface area contributed by atoms with Gasteiger partial charge in [0.05, 0.1) is 17.7 Å². The van der Waals surface area contributed by atoms with Crippen LogP contribution in [0.3, 0.4) is 0 Å². The molecule has 2 amide bonds. The lowest BCUT2D eigenvalue weighted by molar-refractivity contribution is -0.121. The zero-order valence-corrected chi connectivity index (χ0v) is 14.2. The SMILES string of the molecule is Cc1occc1C(=O)N1CCC2(CC1)C[C@H](c1cccnc1)C(=O)N2. The number of carbonyl (C=O) groups excluding carboxylic acids is 2. The lowest BCUT2D eigenvalue weighted by atomic mass is 9.82. The van der Waals surface area contributed by atoms with E-state index in [-0.39, 0.29) is 23.3 Å². The number of likely N-dealkylation sites (tertiary alicyclic amines) is 1. The van der Waals surface area contributed by atoms with Gasteiger partial charge in [-0.3, -0.25) is 14.6 Å². The van der Waals surface area contributed by atoms with E-state index in [1.54, 1.807) is 31.6 Å². The summed E-state index contributed by atoms with van der Waals surface area (Å²) >= 11 is 0. The molecule has 1 N–H and O–H groups in total. The lowest BCUT2D eigenvalue weighted by Gasteiger charge is -2.39. The Balaban J connectivity index is 1.44. The molecule has 2 aromatic heterocycles. The largest absolute Gasteiger partial charge is 0.469 e. The quantitative estimate of drug-likeness (QED) is 0.911. The molecule has 25 heavy (non-hydrogen) atoms. The summed E-state index contributed by atoms with van der Waals surface area (Å²) < 4.78 is 5.24. The van der Waals surface area contributed by atoms with Crippen LogP contribution >= 0.6 is 0 Å². The second kappa shape index (κ2) is 6.02. The van der Waals surface area contributed by atoms with Gasteiger partial charge in [0, 0.05) is 31.0 Å². The topological polar surface area (TPSA) is 75.4 Å². The highest BCUT2D eigenvalue weighted by Gasteiger charge is 2.46. The molecule has 2 aromatic rings. The Labute approximate surface area is 146 Å². The maximum Gasteiger partial charge on any atom is 0.257 e. The van der Waals surface area contributed by atoms with Gasteiger partial charge >= 0.3 is 0 Å². The zero-order valence-electron chi connectivity index (χ0n) is 14.2. The van der Waals surface area contributed by atoms with Gasteiger partial charge in [0.1, 0.15) is 5.76 Å². The number of aryl methyl sites for hydroxylation is 1. The molecule has 0 radical (unpaired) electrons. The van der Waals surface area contributed by atoms with Gasteiger partial charge in [-0.15, -0.1) is 0 Å². The summed E-state index contributed by atoms with van der Waals surface area (Å²) in [6, 6.07) is 5.54. The summed E-state index contributed by atoms with van der Waals surface area (Å²) in [6.45, 7) is 3.08. The van der Waals surface area contributed by atoms with E-state index in [1.807, 2.05) is 17.0 Å². The van der Waals surface area contributed by atoms with Crippen molar-refractivity contribution in [1.82, 2.24) is 15.2 Å². The van der Waals surface area contributed by atoms with Crippen LogP contribution < -0.4 is 5.32 Å². The van der Waals surface area contributed by atoms with Crippen molar-refractivity contribution in [3.63, 3.8) is 0 Å². The second-order valence-corrected chi connectivity index (χ2v) is 7.00. The number of hydrogen-bond donors (Lipinski definition) is 1. The minimum absolute atomic E-state index is 0.00855. The molecule has 0 bridgehead atoms. The highest BCUT2D eigenvalue weighted by molar-refractivity contribution is 5.95. The second-order valence-electron chi connectivity index (χ2n) is 7.00. The molecule has 0 aliphatic carbocycles. The van der Waals surface area contributed by atoms with Gasteiger partial charge in [0.2, 0.25) is 5.91 Å². The number of nitrogens with one attached hydrogen (secondary N) is 1. The molecule has 130 valence electrons. The van der Waals surface area contributed by atoms with E-state index in [2.05, 4.69) is 10.3 Å². The van der Waals surface area contributed by atoms with Crippen molar-refractivity contribution < 1.29 is 14.0 Å². The standard InChI is InChI=1S/C19H21N3O3/c1-13-15(4-10-25-13)18(24)22-8-5-19(6-9-22)11-16(17(23)21-19)14-3-2-7-20-12-14/h2-4,7,10,12,16H,5-6,8-9,11H2,1H3,(H,21,23)/t16-/m1/s1. The maximum absolute atomic E-state index is 12.6. The molecule has 2 aliphatic heterocycles. The van der Waals surface area contributed by atoms with Crippen molar-refractivity contribution in [3.8, 4) is 0 Å². The Hall–Kier alpha value is -2.63. The molecule has 0 aromatic carbocycles. The van der Waals surface area contributed by atoms with Gasteiger partial charge in [-0.1, -0.05) is 6.07 Å². The third-order valence-corrected chi connectivity index (χ3v) is 5.48. The van der Waals surface area contributed by atoms with Crippen LogP contribution in [-0.2, 0) is 4.79 Å². The van der Waals surface area contributed by atoms with Crippen LogP contribution in [-0.4, -0.2) is 40.3 Å². The average molecular weight is 339 g/mol. The van der Waals surface area contributed by atoms with Crippen LogP contribution in [0.4, 0.5) is 0 Å². The minimum Gasteiger partial charge on any atom is -0.469 e. The summed E-state index contributed by atoms with van der Waals surface area (Å²) in [5, 5.41) is 3.20. The fourth-order valence-electron chi connectivity index (χ4n) is 3.98. The van der Waals surface area contributed by atoms with Crippen LogP contribution in [0.2, 0.25) is 0 Å². The predicted molar refractivity (Wildman–Crippen MR) is 91.1 cm³/mol. The summed E-state index contributed by atoms with van der Waals surface area (Å²) in [6.07, 6.45) is 7.35. The number of furan rings is 1. The van der Waals surface area contributed by atoms with E-state index >= 15 is 0 Å². The molecule has 0 unspecified atom stereocenters. The average Bonchev–Trinajstić information content (AvgIpc) is 3.19. The summed E-state index contributed by atoms with van der Waals surface area (Å²) in [5.41, 5.74) is 1.38. The number of hydrogen-bond acceptors (Lipinski definition) is 4. The number of carbonyl (C=O) groups is 2. The maximum atomic E-state index is 12.6. The van der Waals surface area contributed by atoms with Crippen molar-refractivity contribution in [2.24, 2.45) is 0 Å². The third-order valence-electron chi connectivity index (χ3n) is 5.48. The Morgan fingerprint density at radius 3 is 2.80 bits per heavy atom. The monoisotopic (exact) mass is 339 g/mol. The molecule has 4 rings (SSSR count). The molecular weight excluding hydrogens is 318 g/mol. The first-order chi connectivity index (χ1) is 12.1. The van der Waals surface area contributed by atoms with Crippen LogP contribution in [0.25, 0.3) is 0 Å². The highest BCUT2D eigenvalue weighted by atomic mass is 16.3. The van der Waals surface area contributed by atoms with Crippen LogP contribution in [0.5, 0.6) is 0 Å². The summed E-state index contributed by atoms with van der Waals surface area (Å²) in [7, 11) is 0. The fraction of sp³-hybridized carbons (Fsp3) is 0.421. The first-order valence-corrected chi connectivity index (χ1v) is 8.63. The van der Waals surface area contributed by atoms with Gasteiger partial charge in [0.15, 0.2) is 0 Å². The predicted octanol–water partition coefficient (Wildman–Crippen LogP) is 2.26. The lowest BCUT2D eigenvalue weighted by Crippen LogP contribution is -2.52. The molecule has 1 spiro atoms. The van der Waals surface area contributed by atoms with Gasteiger partial charge in [0.25, 0.3) is 5.91 Å².